The van der Waals surface area contributed by atoms with Crippen molar-refractivity contribution in [3.8, 4) is 5.88 Å². The Hall–Kier alpha value is -0.350. The van der Waals surface area contributed by atoms with Crippen LogP contribution in [0.2, 0.25) is 5.15 Å². The molecule has 5 heteroatoms. The van der Waals surface area contributed by atoms with Gasteiger partial charge in [-0.1, -0.05) is 11.6 Å². The van der Waals surface area contributed by atoms with Gasteiger partial charge in [0.2, 0.25) is 5.15 Å². The first kappa shape index (κ1) is 7.31. The van der Waals surface area contributed by atoms with Crippen molar-refractivity contribution in [3.63, 3.8) is 0 Å². The molecule has 1 heterocycles. The average Bonchev–Trinajstić information content (AvgIpc) is 2.27. The molecule has 1 fully saturated rings. The smallest absolute Gasteiger partial charge is 0.265 e. The topological polar surface area (TPSA) is 35.0 Å². The summed E-state index contributed by atoms with van der Waals surface area (Å²) >= 11 is 6.76. The van der Waals surface area contributed by atoms with Crippen LogP contribution in [0, 0.1) is 0 Å². The molecule has 0 radical (unpaired) electrons. The van der Waals surface area contributed by atoms with Gasteiger partial charge in [0.05, 0.1) is 11.7 Å². The van der Waals surface area contributed by atoms with Crippen LogP contribution in [0.1, 0.15) is 19.3 Å². The van der Waals surface area contributed by atoms with Crippen LogP contribution in [-0.4, -0.2) is 14.9 Å². The zero-order valence-corrected chi connectivity index (χ0v) is 7.36. The molecule has 1 aliphatic carbocycles. The van der Waals surface area contributed by atoms with Gasteiger partial charge < -0.3 is 4.74 Å². The second-order valence-electron chi connectivity index (χ2n) is 2.53. The van der Waals surface area contributed by atoms with Crippen LogP contribution >= 0.6 is 23.3 Å². The molecular formula is C6H7ClN2OS. The zero-order chi connectivity index (χ0) is 7.68. The fraction of sp³-hybridized carbons (Fsp3) is 0.667. The van der Waals surface area contributed by atoms with Crippen molar-refractivity contribution >= 4 is 23.3 Å². The lowest BCUT2D eigenvalue weighted by molar-refractivity contribution is 0.116. The monoisotopic (exact) mass is 190 g/mol. The fourth-order valence-corrected chi connectivity index (χ4v) is 1.51. The van der Waals surface area contributed by atoms with Gasteiger partial charge in [-0.2, -0.15) is 4.37 Å². The first-order valence-electron chi connectivity index (χ1n) is 3.51. The van der Waals surface area contributed by atoms with E-state index >= 15 is 0 Å². The van der Waals surface area contributed by atoms with Gasteiger partial charge in [-0.3, -0.25) is 0 Å². The van der Waals surface area contributed by atoms with Gasteiger partial charge in [-0.05, 0) is 19.3 Å². The molecule has 1 aromatic rings. The highest BCUT2D eigenvalue weighted by Crippen LogP contribution is 2.28. The largest absolute Gasteiger partial charge is 0.472 e. The predicted molar refractivity (Wildman–Crippen MR) is 43.2 cm³/mol. The molecule has 0 aliphatic heterocycles. The number of ether oxygens (including phenoxy) is 1. The van der Waals surface area contributed by atoms with Gasteiger partial charge in [0, 0.05) is 0 Å². The number of hydrogen-bond acceptors (Lipinski definition) is 4. The van der Waals surface area contributed by atoms with Gasteiger partial charge in [0.25, 0.3) is 5.88 Å². The second kappa shape index (κ2) is 2.95. The number of rotatable bonds is 2. The first-order valence-corrected chi connectivity index (χ1v) is 4.62. The first-order chi connectivity index (χ1) is 5.36. The summed E-state index contributed by atoms with van der Waals surface area (Å²) in [5.41, 5.74) is 0. The predicted octanol–water partition coefficient (Wildman–Crippen LogP) is 2.12. The van der Waals surface area contributed by atoms with E-state index in [0.717, 1.165) is 24.6 Å². The molecule has 0 unspecified atom stereocenters. The van der Waals surface area contributed by atoms with Crippen molar-refractivity contribution in [2.24, 2.45) is 0 Å². The Kier molecular flexibility index (Phi) is 1.96. The molecule has 0 atom stereocenters. The maximum absolute atomic E-state index is 5.68. The van der Waals surface area contributed by atoms with Crippen LogP contribution in [0.25, 0.3) is 0 Å². The molecule has 1 saturated carbocycles. The van der Waals surface area contributed by atoms with Gasteiger partial charge in [-0.25, -0.2) is 0 Å². The highest BCUT2D eigenvalue weighted by molar-refractivity contribution is 6.99. The van der Waals surface area contributed by atoms with Crippen LogP contribution < -0.4 is 4.74 Å². The Morgan fingerprint density at radius 1 is 1.45 bits per heavy atom. The molecule has 0 bridgehead atoms. The number of halogens is 1. The van der Waals surface area contributed by atoms with E-state index in [9.17, 15) is 0 Å². The minimum absolute atomic E-state index is 0.330. The summed E-state index contributed by atoms with van der Waals surface area (Å²) in [7, 11) is 0. The Morgan fingerprint density at radius 2 is 2.27 bits per heavy atom. The summed E-state index contributed by atoms with van der Waals surface area (Å²) in [6.07, 6.45) is 3.82. The molecule has 0 aromatic carbocycles. The molecule has 60 valence electrons. The lowest BCUT2D eigenvalue weighted by atomic mass is 9.96. The Labute approximate surface area is 73.7 Å². The van der Waals surface area contributed by atoms with Crippen molar-refractivity contribution < 1.29 is 4.74 Å². The summed E-state index contributed by atoms with van der Waals surface area (Å²) in [4.78, 5) is 0. The van der Waals surface area contributed by atoms with E-state index in [-0.39, 0.29) is 0 Å². The van der Waals surface area contributed by atoms with Crippen molar-refractivity contribution in [2.45, 2.75) is 25.4 Å². The molecule has 11 heavy (non-hydrogen) atoms. The molecule has 1 aromatic heterocycles. The minimum atomic E-state index is 0.330. The molecule has 0 amide bonds. The lowest BCUT2D eigenvalue weighted by Gasteiger charge is -2.24. The Bertz CT molecular complexity index is 248. The second-order valence-corrected chi connectivity index (χ2v) is 3.42. The number of aromatic nitrogens is 2. The minimum Gasteiger partial charge on any atom is -0.472 e. The van der Waals surface area contributed by atoms with Gasteiger partial charge in [-0.15, -0.1) is 4.37 Å². The summed E-state index contributed by atoms with van der Waals surface area (Å²) in [6, 6.07) is 0. The van der Waals surface area contributed by atoms with Crippen LogP contribution in [0.15, 0.2) is 0 Å². The molecule has 0 N–H and O–H groups in total. The molecule has 0 spiro atoms. The highest BCUT2D eigenvalue weighted by Gasteiger charge is 2.21. The van der Waals surface area contributed by atoms with E-state index in [0.29, 0.717) is 17.1 Å². The van der Waals surface area contributed by atoms with E-state index < -0.39 is 0 Å². The van der Waals surface area contributed by atoms with E-state index in [1.807, 2.05) is 0 Å². The number of nitrogens with zero attached hydrogens (tertiary/aromatic N) is 2. The summed E-state index contributed by atoms with van der Waals surface area (Å²) in [5.74, 6) is 0.501. The maximum atomic E-state index is 5.68. The summed E-state index contributed by atoms with van der Waals surface area (Å²) in [6.45, 7) is 0. The van der Waals surface area contributed by atoms with Crippen molar-refractivity contribution in [1.82, 2.24) is 8.75 Å². The average molecular weight is 191 g/mol. The SMILES string of the molecule is Clc1nsnc1OC1CCC1. The van der Waals surface area contributed by atoms with Gasteiger partial charge >= 0.3 is 0 Å². The molecular weight excluding hydrogens is 184 g/mol. The molecule has 2 rings (SSSR count). The van der Waals surface area contributed by atoms with Crippen LogP contribution in [0.4, 0.5) is 0 Å². The normalized spacial score (nSPS) is 17.9. The third-order valence-corrected chi connectivity index (χ3v) is 2.61. The van der Waals surface area contributed by atoms with Crippen molar-refractivity contribution in [1.29, 1.82) is 0 Å². The molecule has 1 aliphatic rings. The van der Waals surface area contributed by atoms with E-state index in [4.69, 9.17) is 16.3 Å². The van der Waals surface area contributed by atoms with Gasteiger partial charge in [0.15, 0.2) is 0 Å². The van der Waals surface area contributed by atoms with E-state index in [1.54, 1.807) is 0 Å². The lowest BCUT2D eigenvalue weighted by Crippen LogP contribution is -2.24. The number of hydrogen-bond donors (Lipinski definition) is 0. The summed E-state index contributed by atoms with van der Waals surface area (Å²) < 4.78 is 13.1. The quantitative estimate of drug-likeness (QED) is 0.717. The van der Waals surface area contributed by atoms with Gasteiger partial charge in [0.1, 0.15) is 6.10 Å². The van der Waals surface area contributed by atoms with Crippen molar-refractivity contribution in [3.05, 3.63) is 5.15 Å². The fourth-order valence-electron chi connectivity index (χ4n) is 0.887. The standard InChI is InChI=1S/C6H7ClN2OS/c7-5-6(9-11-8-5)10-4-2-1-3-4/h4H,1-3H2. The van der Waals surface area contributed by atoms with Crippen LogP contribution in [0.5, 0.6) is 5.88 Å². The zero-order valence-electron chi connectivity index (χ0n) is 5.79. The third kappa shape index (κ3) is 1.46. The van der Waals surface area contributed by atoms with Crippen LogP contribution in [-0.2, 0) is 0 Å². The van der Waals surface area contributed by atoms with E-state index in [2.05, 4.69) is 8.75 Å². The molecule has 0 saturated heterocycles. The van der Waals surface area contributed by atoms with E-state index in [1.165, 1.54) is 6.42 Å². The van der Waals surface area contributed by atoms with Crippen molar-refractivity contribution in [2.75, 3.05) is 0 Å². The Morgan fingerprint density at radius 3 is 2.73 bits per heavy atom. The Balaban J connectivity index is 1.99. The third-order valence-electron chi connectivity index (χ3n) is 1.75. The van der Waals surface area contributed by atoms with Crippen LogP contribution in [0.3, 0.4) is 0 Å². The molecule has 3 nitrogen and oxygen atoms in total. The highest BCUT2D eigenvalue weighted by atomic mass is 35.5. The maximum Gasteiger partial charge on any atom is 0.265 e. The summed E-state index contributed by atoms with van der Waals surface area (Å²) in [5, 5.41) is 0.391.